The minimum absolute atomic E-state index is 0. The molecule has 0 spiro atoms. The van der Waals surface area contributed by atoms with E-state index >= 15 is 0 Å². The minimum atomic E-state index is -0.636. The van der Waals surface area contributed by atoms with Gasteiger partial charge in [0, 0.05) is 17.7 Å². The summed E-state index contributed by atoms with van der Waals surface area (Å²) in [5.41, 5.74) is 1.48. The number of nitro groups is 1. The first kappa shape index (κ1) is 21.8. The van der Waals surface area contributed by atoms with Crippen molar-refractivity contribution in [3.05, 3.63) is 105 Å². The number of nitro benzene ring substituents is 1. The number of nitrogens with zero attached hydrogens (tertiary/aromatic N) is 1. The van der Waals surface area contributed by atoms with Gasteiger partial charge in [-0.25, -0.2) is 4.39 Å². The number of carbonyl (C=O) groups excluding carboxylic acids is 1. The molecule has 1 N–H and O–H groups in total. The highest BCUT2D eigenvalue weighted by atomic mass is 35.5. The molecule has 1 atom stereocenters. The molecule has 8 heteroatoms. The van der Waals surface area contributed by atoms with Gasteiger partial charge >= 0.3 is 0 Å². The van der Waals surface area contributed by atoms with Crippen molar-refractivity contribution in [2.75, 3.05) is 7.11 Å². The molecular formula is C21H18ClFN2O4. The second-order valence-electron chi connectivity index (χ2n) is 6.04. The van der Waals surface area contributed by atoms with Crippen LogP contribution < -0.4 is 10.1 Å². The predicted molar refractivity (Wildman–Crippen MR) is 109 cm³/mol. The molecule has 0 aliphatic rings. The van der Waals surface area contributed by atoms with Crippen LogP contribution in [0.2, 0.25) is 0 Å². The Morgan fingerprint density at radius 2 is 1.69 bits per heavy atom. The smallest absolute Gasteiger partial charge is 0.269 e. The number of methoxy groups -OCH3 is 1. The van der Waals surface area contributed by atoms with Gasteiger partial charge in [0.1, 0.15) is 11.6 Å². The van der Waals surface area contributed by atoms with E-state index in [0.29, 0.717) is 11.3 Å². The van der Waals surface area contributed by atoms with Gasteiger partial charge in [-0.05, 0) is 47.5 Å². The number of nitrogens with one attached hydrogen (secondary N) is 1. The number of benzene rings is 3. The molecule has 0 aliphatic carbocycles. The molecule has 0 saturated carbocycles. The van der Waals surface area contributed by atoms with E-state index in [2.05, 4.69) is 5.32 Å². The minimum Gasteiger partial charge on any atom is -0.497 e. The van der Waals surface area contributed by atoms with Crippen molar-refractivity contribution in [3.63, 3.8) is 0 Å². The molecule has 3 aromatic carbocycles. The van der Waals surface area contributed by atoms with Crippen molar-refractivity contribution in [1.29, 1.82) is 0 Å². The van der Waals surface area contributed by atoms with Gasteiger partial charge in [-0.1, -0.05) is 24.3 Å². The zero-order chi connectivity index (χ0) is 20.1. The normalized spacial score (nSPS) is 11.1. The maximum atomic E-state index is 13.1. The monoisotopic (exact) mass is 416 g/mol. The van der Waals surface area contributed by atoms with E-state index in [0.717, 1.165) is 5.56 Å². The Bertz CT molecular complexity index is 994. The summed E-state index contributed by atoms with van der Waals surface area (Å²) in [7, 11) is 1.54. The lowest BCUT2D eigenvalue weighted by atomic mass is 9.97. The highest BCUT2D eigenvalue weighted by Gasteiger charge is 2.20. The fraction of sp³-hybridized carbons (Fsp3) is 0.0952. The Morgan fingerprint density at radius 1 is 1.03 bits per heavy atom. The molecular weight excluding hydrogens is 399 g/mol. The zero-order valence-electron chi connectivity index (χ0n) is 15.4. The summed E-state index contributed by atoms with van der Waals surface area (Å²) in [4.78, 5) is 23.3. The number of halogens is 2. The number of rotatable bonds is 6. The second-order valence-corrected chi connectivity index (χ2v) is 6.04. The SMILES string of the molecule is COc1ccc(C(NC(=O)c2ccc(F)cc2)c2cccc([N+](=O)[O-])c2)cc1.Cl. The van der Waals surface area contributed by atoms with Crippen LogP contribution >= 0.6 is 12.4 Å². The molecule has 1 unspecified atom stereocenters. The Morgan fingerprint density at radius 3 is 2.28 bits per heavy atom. The van der Waals surface area contributed by atoms with E-state index in [1.165, 1.54) is 36.4 Å². The van der Waals surface area contributed by atoms with E-state index in [1.54, 1.807) is 43.5 Å². The highest BCUT2D eigenvalue weighted by molar-refractivity contribution is 5.94. The standard InChI is InChI=1S/C21H17FN2O4.ClH/c1-28-19-11-7-14(8-12-19)20(16-3-2-4-18(13-16)24(26)27)23-21(25)15-5-9-17(22)10-6-15;/h2-13,20H,1H3,(H,23,25);1H. The van der Waals surface area contributed by atoms with Crippen molar-refractivity contribution in [1.82, 2.24) is 5.32 Å². The Labute approximate surface area is 172 Å². The average Bonchev–Trinajstić information content (AvgIpc) is 2.72. The first-order valence-electron chi connectivity index (χ1n) is 8.42. The summed E-state index contributed by atoms with van der Waals surface area (Å²) in [6, 6.07) is 17.6. The molecule has 1 amide bonds. The molecule has 29 heavy (non-hydrogen) atoms. The van der Waals surface area contributed by atoms with Gasteiger partial charge in [0.25, 0.3) is 11.6 Å². The molecule has 0 heterocycles. The number of non-ortho nitro benzene ring substituents is 1. The third kappa shape index (κ3) is 5.30. The molecule has 6 nitrogen and oxygen atoms in total. The maximum absolute atomic E-state index is 13.1. The first-order valence-corrected chi connectivity index (χ1v) is 8.42. The van der Waals surface area contributed by atoms with Crippen LogP contribution in [0.4, 0.5) is 10.1 Å². The van der Waals surface area contributed by atoms with Gasteiger partial charge in [0.05, 0.1) is 18.1 Å². The first-order chi connectivity index (χ1) is 13.5. The van der Waals surface area contributed by atoms with Gasteiger partial charge in [0.15, 0.2) is 0 Å². The molecule has 3 rings (SSSR count). The second kappa shape index (κ2) is 9.66. The summed E-state index contributed by atoms with van der Waals surface area (Å²) in [6.45, 7) is 0. The lowest BCUT2D eigenvalue weighted by molar-refractivity contribution is -0.384. The van der Waals surface area contributed by atoms with Crippen LogP contribution in [-0.4, -0.2) is 17.9 Å². The van der Waals surface area contributed by atoms with Gasteiger partial charge < -0.3 is 10.1 Å². The van der Waals surface area contributed by atoms with Crippen LogP contribution in [0.1, 0.15) is 27.5 Å². The van der Waals surface area contributed by atoms with Crippen LogP contribution in [-0.2, 0) is 0 Å². The lowest BCUT2D eigenvalue weighted by Crippen LogP contribution is -2.29. The Balaban J connectivity index is 0.00000300. The van der Waals surface area contributed by atoms with Gasteiger partial charge in [-0.15, -0.1) is 12.4 Å². The van der Waals surface area contributed by atoms with Crippen LogP contribution in [0.3, 0.4) is 0 Å². The van der Waals surface area contributed by atoms with E-state index in [9.17, 15) is 19.3 Å². The summed E-state index contributed by atoms with van der Waals surface area (Å²) in [5, 5.41) is 14.0. The van der Waals surface area contributed by atoms with E-state index < -0.39 is 22.7 Å². The number of amides is 1. The zero-order valence-corrected chi connectivity index (χ0v) is 16.2. The van der Waals surface area contributed by atoms with Gasteiger partial charge in [-0.3, -0.25) is 14.9 Å². The lowest BCUT2D eigenvalue weighted by Gasteiger charge is -2.20. The number of ether oxygens (including phenoxy) is 1. The molecule has 0 aromatic heterocycles. The van der Waals surface area contributed by atoms with E-state index in [4.69, 9.17) is 4.74 Å². The van der Waals surface area contributed by atoms with Crippen molar-refractivity contribution in [2.45, 2.75) is 6.04 Å². The van der Waals surface area contributed by atoms with Crippen molar-refractivity contribution < 1.29 is 18.8 Å². The van der Waals surface area contributed by atoms with Crippen LogP contribution in [0.5, 0.6) is 5.75 Å². The number of hydrogen-bond donors (Lipinski definition) is 1. The fourth-order valence-corrected chi connectivity index (χ4v) is 2.79. The van der Waals surface area contributed by atoms with Gasteiger partial charge in [-0.2, -0.15) is 0 Å². The quantitative estimate of drug-likeness (QED) is 0.467. The number of hydrogen-bond acceptors (Lipinski definition) is 4. The third-order valence-electron chi connectivity index (χ3n) is 4.25. The molecule has 0 saturated heterocycles. The molecule has 0 aliphatic heterocycles. The summed E-state index contributed by atoms with van der Waals surface area (Å²) in [5.74, 6) is -0.222. The molecule has 0 radical (unpaired) electrons. The van der Waals surface area contributed by atoms with E-state index in [-0.39, 0.29) is 23.7 Å². The maximum Gasteiger partial charge on any atom is 0.269 e. The summed E-state index contributed by atoms with van der Waals surface area (Å²) in [6.07, 6.45) is 0. The van der Waals surface area contributed by atoms with Crippen molar-refractivity contribution in [3.8, 4) is 5.75 Å². The molecule has 0 bridgehead atoms. The number of carbonyl (C=O) groups is 1. The Hall–Kier alpha value is -3.45. The van der Waals surface area contributed by atoms with Crippen LogP contribution in [0.15, 0.2) is 72.8 Å². The average molecular weight is 417 g/mol. The predicted octanol–water partition coefficient (Wildman–Crippen LogP) is 4.68. The summed E-state index contributed by atoms with van der Waals surface area (Å²) >= 11 is 0. The molecule has 150 valence electrons. The Kier molecular flexibility index (Phi) is 7.27. The highest BCUT2D eigenvalue weighted by Crippen LogP contribution is 2.27. The van der Waals surface area contributed by atoms with Crippen molar-refractivity contribution >= 4 is 24.0 Å². The summed E-state index contributed by atoms with van der Waals surface area (Å²) < 4.78 is 18.3. The van der Waals surface area contributed by atoms with Crippen molar-refractivity contribution in [2.24, 2.45) is 0 Å². The molecule has 0 fully saturated rings. The molecule has 3 aromatic rings. The fourth-order valence-electron chi connectivity index (χ4n) is 2.79. The third-order valence-corrected chi connectivity index (χ3v) is 4.25. The van der Waals surface area contributed by atoms with Crippen LogP contribution in [0.25, 0.3) is 0 Å². The van der Waals surface area contributed by atoms with Gasteiger partial charge in [0.2, 0.25) is 0 Å². The largest absolute Gasteiger partial charge is 0.497 e. The topological polar surface area (TPSA) is 81.5 Å². The van der Waals surface area contributed by atoms with E-state index in [1.807, 2.05) is 0 Å². The van der Waals surface area contributed by atoms with Crippen LogP contribution in [0, 0.1) is 15.9 Å².